The minimum absolute atomic E-state index is 0.0845. The molecule has 0 aromatic heterocycles. The van der Waals surface area contributed by atoms with Gasteiger partial charge in [0.25, 0.3) is 10.1 Å². The van der Waals surface area contributed by atoms with Gasteiger partial charge in [-0.15, -0.1) is 0 Å². The van der Waals surface area contributed by atoms with Gasteiger partial charge in [-0.3, -0.25) is 13.5 Å². The number of hydrogen-bond acceptors (Lipinski definition) is 7. The van der Waals surface area contributed by atoms with Crippen LogP contribution in [0.1, 0.15) is 47.5 Å². The molecule has 0 saturated heterocycles. The maximum Gasteiger partial charge on any atom is 0.328 e. The summed E-state index contributed by atoms with van der Waals surface area (Å²) in [4.78, 5) is 28.9. The van der Waals surface area contributed by atoms with Crippen LogP contribution < -0.4 is 0 Å². The van der Waals surface area contributed by atoms with Crippen molar-refractivity contribution in [3.63, 3.8) is 0 Å². The third-order valence-corrected chi connectivity index (χ3v) is 4.42. The molecule has 0 rings (SSSR count). The molecule has 0 aliphatic rings. The van der Waals surface area contributed by atoms with Gasteiger partial charge in [-0.1, -0.05) is 27.7 Å². The topological polar surface area (TPSA) is 144 Å². The van der Waals surface area contributed by atoms with Crippen molar-refractivity contribution in [3.05, 3.63) is 0 Å². The van der Waals surface area contributed by atoms with Crippen LogP contribution >= 0.6 is 7.60 Å². The number of carbonyl (C=O) groups excluding carboxylic acids is 1. The van der Waals surface area contributed by atoms with Crippen molar-refractivity contribution >= 4 is 29.5 Å². The molecule has 0 aromatic rings. The average Bonchev–Trinajstić information content (AvgIpc) is 2.56. The lowest BCUT2D eigenvalue weighted by Crippen LogP contribution is -2.11. The van der Waals surface area contributed by atoms with Crippen LogP contribution in [0.3, 0.4) is 0 Å². The van der Waals surface area contributed by atoms with Crippen LogP contribution in [-0.2, 0) is 33.0 Å². The van der Waals surface area contributed by atoms with Crippen molar-refractivity contribution in [1.29, 1.82) is 0 Å². The number of carbonyl (C=O) groups is 2. The molecule has 148 valence electrons. The Balaban J connectivity index is -0.000000138. The Bertz CT molecular complexity index is 460. The van der Waals surface area contributed by atoms with Crippen LogP contribution in [-0.4, -0.2) is 56.3 Å². The molecule has 0 aromatic carbocycles. The maximum absolute atomic E-state index is 10.7. The molecule has 0 spiro atoms. The second-order valence-electron chi connectivity index (χ2n) is 3.57. The Hall–Kier alpha value is -0.800. The van der Waals surface area contributed by atoms with Crippen LogP contribution in [0, 0.1) is 0 Å². The van der Waals surface area contributed by atoms with Crippen LogP contribution in [0.4, 0.5) is 0 Å². The van der Waals surface area contributed by atoms with Gasteiger partial charge in [0.1, 0.15) is 5.78 Å². The fourth-order valence-corrected chi connectivity index (χ4v) is 2.06. The van der Waals surface area contributed by atoms with Gasteiger partial charge in [0.2, 0.25) is 0 Å². The smallest absolute Gasteiger partial charge is 0.328 e. The molecule has 0 bridgehead atoms. The van der Waals surface area contributed by atoms with Crippen molar-refractivity contribution in [2.75, 3.05) is 26.1 Å². The highest BCUT2D eigenvalue weighted by Gasteiger charge is 2.16. The lowest BCUT2D eigenvalue weighted by atomic mass is 10.4. The number of carboxylic acid groups (broad SMARTS) is 1. The van der Waals surface area contributed by atoms with E-state index in [2.05, 4.69) is 8.71 Å². The van der Waals surface area contributed by atoms with E-state index in [-0.39, 0.29) is 18.4 Å². The number of ketones is 1. The summed E-state index contributed by atoms with van der Waals surface area (Å²) in [5, 5.41) is 8.05. The second-order valence-corrected chi connectivity index (χ2v) is 7.51. The summed E-state index contributed by atoms with van der Waals surface area (Å²) in [5.74, 6) is -1.73. The van der Waals surface area contributed by atoms with Crippen LogP contribution in [0.5, 0.6) is 0 Å². The molecule has 0 fully saturated rings. The van der Waals surface area contributed by atoms with Crippen molar-refractivity contribution in [2.24, 2.45) is 0 Å². The number of Topliss-reactive ketones (excluding diaryl/α,β-unsaturated/α-hetero) is 1. The van der Waals surface area contributed by atoms with E-state index in [1.165, 1.54) is 6.92 Å². The van der Waals surface area contributed by atoms with Crippen molar-refractivity contribution in [1.82, 2.24) is 0 Å². The molecule has 24 heavy (non-hydrogen) atoms. The fourth-order valence-electron chi connectivity index (χ4n) is 0.686. The third kappa shape index (κ3) is 29.2. The lowest BCUT2D eigenvalue weighted by Gasteiger charge is -2.05. The number of hydrogen-bond donors (Lipinski definition) is 2. The van der Waals surface area contributed by atoms with Crippen LogP contribution in [0.25, 0.3) is 0 Å². The van der Waals surface area contributed by atoms with Gasteiger partial charge >= 0.3 is 13.6 Å². The van der Waals surface area contributed by atoms with E-state index < -0.39 is 35.9 Å². The van der Waals surface area contributed by atoms with Gasteiger partial charge in [0.15, 0.2) is 0 Å². The quantitative estimate of drug-likeness (QED) is 0.468. The summed E-state index contributed by atoms with van der Waals surface area (Å²) in [7, 11) is -4.89. The number of rotatable bonds is 8. The molecule has 0 aliphatic heterocycles. The molecule has 0 amide bonds. The first-order valence-corrected chi connectivity index (χ1v) is 10.7. The minimum atomic E-state index is -3.60. The van der Waals surface area contributed by atoms with Gasteiger partial charge in [-0.25, -0.2) is 0 Å². The Kier molecular flexibility index (Phi) is 24.0. The first-order chi connectivity index (χ1) is 11.0. The summed E-state index contributed by atoms with van der Waals surface area (Å²) >= 11 is 0. The molecule has 2 N–H and O–H groups in total. The largest absolute Gasteiger partial charge is 0.481 e. The molecule has 9 nitrogen and oxygen atoms in total. The molecule has 0 aliphatic carbocycles. The first kappa shape index (κ1) is 31.0. The standard InChI is InChI=1S/C5H11O4P.C4H8O5S.2C2H6/c1-5(6)3-4-10(7,8)9-2;1-9-10(7,8)3-2-4(5)6;2*1-2/h3-4H2,1-2H3,(H,7,8);2-3H2,1H3,(H,5,6);2*1-2H3. The molecule has 0 radical (unpaired) electrons. The number of aliphatic carboxylic acids is 1. The van der Waals surface area contributed by atoms with Crippen LogP contribution in [0.15, 0.2) is 0 Å². The Morgan fingerprint density at radius 2 is 1.46 bits per heavy atom. The van der Waals surface area contributed by atoms with E-state index >= 15 is 0 Å². The van der Waals surface area contributed by atoms with E-state index in [1.54, 1.807) is 0 Å². The molecule has 11 heteroatoms. The normalized spacial score (nSPS) is 12.0. The maximum atomic E-state index is 10.7. The van der Waals surface area contributed by atoms with Crippen LogP contribution in [0.2, 0.25) is 0 Å². The van der Waals surface area contributed by atoms with Crippen molar-refractivity contribution < 1.29 is 41.3 Å². The fraction of sp³-hybridized carbons (Fsp3) is 0.846. The van der Waals surface area contributed by atoms with Gasteiger partial charge in [0.05, 0.1) is 25.4 Å². The summed E-state index contributed by atoms with van der Waals surface area (Å²) in [5.41, 5.74) is 0. The molecule has 0 heterocycles. The molecule has 1 unspecified atom stereocenters. The summed E-state index contributed by atoms with van der Waals surface area (Å²) in [6.45, 7) is 9.37. The lowest BCUT2D eigenvalue weighted by molar-refractivity contribution is -0.136. The van der Waals surface area contributed by atoms with Gasteiger partial charge < -0.3 is 19.3 Å². The Morgan fingerprint density at radius 3 is 1.71 bits per heavy atom. The predicted molar refractivity (Wildman–Crippen MR) is 92.7 cm³/mol. The highest BCUT2D eigenvalue weighted by molar-refractivity contribution is 7.86. The highest BCUT2D eigenvalue weighted by Crippen LogP contribution is 2.40. The van der Waals surface area contributed by atoms with Gasteiger partial charge in [-0.05, 0) is 6.92 Å². The molecule has 0 saturated carbocycles. The zero-order valence-electron chi connectivity index (χ0n) is 15.4. The van der Waals surface area contributed by atoms with E-state index in [1.807, 2.05) is 27.7 Å². The third-order valence-electron chi connectivity index (χ3n) is 1.85. The van der Waals surface area contributed by atoms with E-state index in [0.717, 1.165) is 14.2 Å². The molecule has 1 atom stereocenters. The second kappa shape index (κ2) is 18.5. The van der Waals surface area contributed by atoms with Gasteiger partial charge in [-0.2, -0.15) is 8.42 Å². The van der Waals surface area contributed by atoms with E-state index in [9.17, 15) is 22.6 Å². The summed E-state index contributed by atoms with van der Waals surface area (Å²) in [6, 6.07) is 0. The predicted octanol–water partition coefficient (Wildman–Crippen LogP) is 2.29. The van der Waals surface area contributed by atoms with Gasteiger partial charge in [0, 0.05) is 13.5 Å². The monoisotopic (exact) mass is 394 g/mol. The Morgan fingerprint density at radius 1 is 1.04 bits per heavy atom. The highest BCUT2D eigenvalue weighted by atomic mass is 32.2. The minimum Gasteiger partial charge on any atom is -0.481 e. The first-order valence-electron chi connectivity index (χ1n) is 7.33. The van der Waals surface area contributed by atoms with E-state index in [4.69, 9.17) is 10.00 Å². The average molecular weight is 394 g/mol. The summed E-state index contributed by atoms with van der Waals surface area (Å²) in [6.07, 6.45) is -0.406. The zero-order chi connectivity index (χ0) is 20.4. The summed E-state index contributed by atoms with van der Waals surface area (Å²) < 4.78 is 39.7. The molecular formula is C13H31O9PS. The zero-order valence-corrected chi connectivity index (χ0v) is 17.1. The molecular weight excluding hydrogens is 363 g/mol. The van der Waals surface area contributed by atoms with E-state index in [0.29, 0.717) is 0 Å². The Labute approximate surface area is 145 Å². The van der Waals surface area contributed by atoms with Crippen molar-refractivity contribution in [2.45, 2.75) is 47.5 Å². The number of carboxylic acids is 1. The SMILES string of the molecule is CC.CC.COP(=O)(O)CCC(C)=O.COS(=O)(=O)CCC(=O)O. The van der Waals surface area contributed by atoms with Crippen molar-refractivity contribution in [3.8, 4) is 0 Å².